The van der Waals surface area contributed by atoms with Gasteiger partial charge in [0.15, 0.2) is 11.5 Å². The summed E-state index contributed by atoms with van der Waals surface area (Å²) in [5.74, 6) is 1.26. The lowest BCUT2D eigenvalue weighted by Gasteiger charge is -2.40. The maximum Gasteiger partial charge on any atom is 0.325 e. The molecule has 4 amide bonds. The highest BCUT2D eigenvalue weighted by atomic mass is 16.5. The van der Waals surface area contributed by atoms with E-state index in [4.69, 9.17) is 14.2 Å². The van der Waals surface area contributed by atoms with Crippen LogP contribution in [0.1, 0.15) is 38.7 Å². The number of rotatable bonds is 9. The van der Waals surface area contributed by atoms with Gasteiger partial charge in [0.1, 0.15) is 5.54 Å². The lowest BCUT2D eigenvalue weighted by atomic mass is 9.75. The Morgan fingerprint density at radius 2 is 1.71 bits per heavy atom. The molecule has 0 radical (unpaired) electrons. The molecule has 9 heteroatoms. The summed E-state index contributed by atoms with van der Waals surface area (Å²) in [7, 11) is 4.61. The summed E-state index contributed by atoms with van der Waals surface area (Å²) in [6.45, 7) is 8.82. The zero-order valence-electron chi connectivity index (χ0n) is 20.7. The minimum atomic E-state index is -0.918. The van der Waals surface area contributed by atoms with E-state index in [1.54, 1.807) is 19.1 Å². The first-order valence-corrected chi connectivity index (χ1v) is 11.6. The third-order valence-electron chi connectivity index (χ3n) is 6.81. The van der Waals surface area contributed by atoms with E-state index >= 15 is 0 Å². The van der Waals surface area contributed by atoms with E-state index in [-0.39, 0.29) is 36.7 Å². The van der Waals surface area contributed by atoms with Gasteiger partial charge in [-0.05, 0) is 49.8 Å². The maximum absolute atomic E-state index is 13.2. The molecule has 2 aliphatic heterocycles. The van der Waals surface area contributed by atoms with Gasteiger partial charge in [0.05, 0.1) is 34.3 Å². The number of benzene rings is 1. The summed E-state index contributed by atoms with van der Waals surface area (Å²) >= 11 is 0. The van der Waals surface area contributed by atoms with Crippen LogP contribution in [0, 0.1) is 5.92 Å². The number of imide groups is 1. The number of carbonyl (C=O) groups excluding carboxylic acids is 3. The smallest absolute Gasteiger partial charge is 0.325 e. The van der Waals surface area contributed by atoms with Gasteiger partial charge in [-0.1, -0.05) is 19.1 Å². The Hall–Kier alpha value is -3.23. The van der Waals surface area contributed by atoms with Crippen LogP contribution in [0.5, 0.6) is 17.2 Å². The number of likely N-dealkylation sites (tertiary alicyclic amines) is 1. The van der Waals surface area contributed by atoms with Crippen molar-refractivity contribution < 1.29 is 28.6 Å². The van der Waals surface area contributed by atoms with Crippen LogP contribution in [0.3, 0.4) is 0 Å². The number of nitrogens with zero attached hydrogens (tertiary/aromatic N) is 2. The predicted molar refractivity (Wildman–Crippen MR) is 127 cm³/mol. The van der Waals surface area contributed by atoms with Crippen molar-refractivity contribution >= 4 is 17.8 Å². The van der Waals surface area contributed by atoms with E-state index in [1.807, 2.05) is 11.8 Å². The van der Waals surface area contributed by atoms with Crippen LogP contribution < -0.4 is 19.5 Å². The first kappa shape index (κ1) is 25.4. The quantitative estimate of drug-likeness (QED) is 0.438. The molecule has 1 aromatic carbocycles. The summed E-state index contributed by atoms with van der Waals surface area (Å²) in [5.41, 5.74) is 0.598. The molecule has 2 fully saturated rings. The van der Waals surface area contributed by atoms with Gasteiger partial charge in [-0.15, -0.1) is 0 Å². The van der Waals surface area contributed by atoms with E-state index in [9.17, 15) is 14.4 Å². The van der Waals surface area contributed by atoms with Crippen molar-refractivity contribution in [2.75, 3.05) is 41.0 Å². The van der Waals surface area contributed by atoms with Crippen LogP contribution >= 0.6 is 0 Å². The fourth-order valence-electron chi connectivity index (χ4n) is 5.01. The number of piperidine rings is 1. The van der Waals surface area contributed by atoms with Crippen molar-refractivity contribution in [3.05, 3.63) is 29.8 Å². The summed E-state index contributed by atoms with van der Waals surface area (Å²) in [6, 6.07) is 3.19. The van der Waals surface area contributed by atoms with E-state index in [0.29, 0.717) is 49.6 Å². The largest absolute Gasteiger partial charge is 0.493 e. The van der Waals surface area contributed by atoms with Gasteiger partial charge in [0.25, 0.3) is 5.91 Å². The minimum absolute atomic E-state index is 0.0102. The van der Waals surface area contributed by atoms with Crippen LogP contribution in [-0.2, 0) is 16.0 Å². The van der Waals surface area contributed by atoms with E-state index in [0.717, 1.165) is 11.1 Å². The molecule has 1 aromatic rings. The molecule has 0 spiro atoms. The Bertz CT molecular complexity index is 944. The fraction of sp³-hybridized carbons (Fsp3) is 0.560. The molecule has 0 saturated carbocycles. The van der Waals surface area contributed by atoms with Gasteiger partial charge >= 0.3 is 6.03 Å². The topological polar surface area (TPSA) is 97.4 Å². The molecule has 1 atom stereocenters. The number of ether oxygens (including phenoxy) is 3. The third-order valence-corrected chi connectivity index (χ3v) is 6.81. The number of amides is 4. The van der Waals surface area contributed by atoms with Gasteiger partial charge < -0.3 is 24.4 Å². The molecular formula is C25H35N3O6. The van der Waals surface area contributed by atoms with Crippen LogP contribution in [0.2, 0.25) is 0 Å². The molecule has 0 aromatic heterocycles. The van der Waals surface area contributed by atoms with E-state index in [2.05, 4.69) is 11.9 Å². The number of nitrogens with one attached hydrogen (secondary N) is 1. The lowest BCUT2D eigenvalue weighted by molar-refractivity contribution is -0.135. The summed E-state index contributed by atoms with van der Waals surface area (Å²) in [5, 5.41) is 2.97. The maximum atomic E-state index is 13.2. The van der Waals surface area contributed by atoms with Crippen LogP contribution in [-0.4, -0.2) is 74.1 Å². The highest BCUT2D eigenvalue weighted by Crippen LogP contribution is 2.39. The van der Waals surface area contributed by atoms with Gasteiger partial charge in [-0.25, -0.2) is 4.79 Å². The van der Waals surface area contributed by atoms with Crippen molar-refractivity contribution in [1.82, 2.24) is 15.1 Å². The first-order valence-electron chi connectivity index (χ1n) is 11.6. The number of hydrogen-bond acceptors (Lipinski definition) is 6. The second kappa shape index (κ2) is 10.4. The zero-order valence-corrected chi connectivity index (χ0v) is 20.7. The van der Waals surface area contributed by atoms with Crippen molar-refractivity contribution in [3.63, 3.8) is 0 Å². The first-order chi connectivity index (χ1) is 16.2. The highest BCUT2D eigenvalue weighted by Gasteiger charge is 2.54. The van der Waals surface area contributed by atoms with E-state index < -0.39 is 5.54 Å². The summed E-state index contributed by atoms with van der Waals surface area (Å²) in [6.07, 6.45) is 1.99. The standard InChI is InChI=1S/C25H35N3O6/c1-7-25(23(30)28(15-16(2)3)24(31)26-25)18-8-10-27(11-9-18)21(29)14-17-12-19(32-4)22(34-6)20(13-17)33-5/h12-13,18H,2,7-11,14-15H2,1,3-6H3,(H,26,31)/t25-/m1/s1. The predicted octanol–water partition coefficient (Wildman–Crippen LogP) is 2.77. The second-order valence-corrected chi connectivity index (χ2v) is 8.97. The Morgan fingerprint density at radius 1 is 1.12 bits per heavy atom. The summed E-state index contributed by atoms with van der Waals surface area (Å²) in [4.78, 5) is 41.9. The van der Waals surface area contributed by atoms with Crippen LogP contribution in [0.15, 0.2) is 24.3 Å². The normalized spacial score (nSPS) is 20.9. The molecule has 2 aliphatic rings. The van der Waals surface area contributed by atoms with Gasteiger partial charge in [-0.2, -0.15) is 0 Å². The molecule has 2 saturated heterocycles. The lowest BCUT2D eigenvalue weighted by Crippen LogP contribution is -2.56. The Labute approximate surface area is 201 Å². The molecule has 9 nitrogen and oxygen atoms in total. The van der Waals surface area contributed by atoms with Crippen molar-refractivity contribution in [1.29, 1.82) is 0 Å². The molecule has 186 valence electrons. The molecule has 1 N–H and O–H groups in total. The van der Waals surface area contributed by atoms with Gasteiger partial charge in [-0.3, -0.25) is 14.5 Å². The number of urea groups is 1. The van der Waals surface area contributed by atoms with Gasteiger partial charge in [0.2, 0.25) is 11.7 Å². The average molecular weight is 474 g/mol. The number of methoxy groups -OCH3 is 3. The molecule has 0 unspecified atom stereocenters. The molecule has 3 rings (SSSR count). The third kappa shape index (κ3) is 4.69. The molecule has 34 heavy (non-hydrogen) atoms. The molecule has 0 bridgehead atoms. The fourth-order valence-corrected chi connectivity index (χ4v) is 5.01. The Morgan fingerprint density at radius 3 is 2.18 bits per heavy atom. The number of carbonyl (C=O) groups is 3. The van der Waals surface area contributed by atoms with Crippen LogP contribution in [0.4, 0.5) is 4.79 Å². The Kier molecular flexibility index (Phi) is 7.74. The minimum Gasteiger partial charge on any atom is -0.493 e. The Balaban J connectivity index is 1.68. The monoisotopic (exact) mass is 473 g/mol. The summed E-state index contributed by atoms with van der Waals surface area (Å²) < 4.78 is 16.1. The average Bonchev–Trinajstić information content (AvgIpc) is 3.08. The SMILES string of the molecule is C=C(C)CN1C(=O)N[C@](CC)(C2CCN(C(=O)Cc3cc(OC)c(OC)c(OC)c3)CC2)C1=O. The molecular weight excluding hydrogens is 438 g/mol. The van der Waals surface area contributed by atoms with Crippen LogP contribution in [0.25, 0.3) is 0 Å². The second-order valence-electron chi connectivity index (χ2n) is 8.97. The molecule has 2 heterocycles. The highest BCUT2D eigenvalue weighted by molar-refractivity contribution is 6.07. The van der Waals surface area contributed by atoms with Crippen molar-refractivity contribution in [2.45, 2.75) is 45.1 Å². The van der Waals surface area contributed by atoms with Crippen molar-refractivity contribution in [2.24, 2.45) is 5.92 Å². The molecule has 0 aliphatic carbocycles. The van der Waals surface area contributed by atoms with E-state index in [1.165, 1.54) is 26.2 Å². The van der Waals surface area contributed by atoms with Crippen molar-refractivity contribution in [3.8, 4) is 17.2 Å². The zero-order chi connectivity index (χ0) is 25.0. The van der Waals surface area contributed by atoms with Gasteiger partial charge in [0, 0.05) is 13.1 Å². The number of hydrogen-bond donors (Lipinski definition) is 1.